The first-order chi connectivity index (χ1) is 15.5. The number of nitrogens with zero attached hydrogens (tertiary/aromatic N) is 2. The van der Waals surface area contributed by atoms with Crippen molar-refractivity contribution >= 4 is 18.1 Å². The van der Waals surface area contributed by atoms with E-state index in [9.17, 15) is 15.0 Å². The van der Waals surface area contributed by atoms with Crippen molar-refractivity contribution in [2.24, 2.45) is 0 Å². The van der Waals surface area contributed by atoms with Crippen LogP contribution in [0, 0.1) is 0 Å². The Labute approximate surface area is 193 Å². The fourth-order valence-corrected chi connectivity index (χ4v) is 4.62. The van der Waals surface area contributed by atoms with Crippen LogP contribution >= 0.6 is 0 Å². The summed E-state index contributed by atoms with van der Waals surface area (Å²) in [4.78, 5) is 11.1. The molecule has 0 saturated carbocycles. The van der Waals surface area contributed by atoms with E-state index in [1.165, 1.54) is 0 Å². The summed E-state index contributed by atoms with van der Waals surface area (Å²) >= 11 is 0. The molecule has 4 rings (SSSR count). The van der Waals surface area contributed by atoms with Gasteiger partial charge in [0.2, 0.25) is 0 Å². The Hall–Kier alpha value is -3.22. The molecule has 6 nitrogen and oxygen atoms in total. The molecule has 1 aromatic heterocycles. The van der Waals surface area contributed by atoms with Crippen molar-refractivity contribution < 1.29 is 20.1 Å². The van der Waals surface area contributed by atoms with E-state index in [0.717, 1.165) is 27.8 Å². The molecule has 1 aliphatic carbocycles. The third-order valence-corrected chi connectivity index (χ3v) is 6.95. The van der Waals surface area contributed by atoms with Gasteiger partial charge in [-0.2, -0.15) is 5.10 Å². The molecular weight excluding hydrogens is 416 g/mol. The number of hydrogen-bond donors (Lipinski definition) is 3. The molecule has 0 bridgehead atoms. The number of rotatable bonds is 5. The molecule has 0 amide bonds. The van der Waals surface area contributed by atoms with Crippen molar-refractivity contribution in [2.45, 2.75) is 57.3 Å². The van der Waals surface area contributed by atoms with E-state index in [1.54, 1.807) is 30.5 Å². The maximum Gasteiger partial charge on any atom is 0.335 e. The van der Waals surface area contributed by atoms with E-state index in [2.05, 4.69) is 17.2 Å². The highest BCUT2D eigenvalue weighted by Crippen LogP contribution is 2.47. The first kappa shape index (κ1) is 23.0. The number of aliphatic hydroxyl groups is 2. The molecule has 3 aromatic rings. The normalized spacial score (nSPS) is 21.2. The average molecular weight is 447 g/mol. The third-order valence-electron chi connectivity index (χ3n) is 6.95. The number of benzene rings is 2. The molecule has 1 heterocycles. The molecule has 0 unspecified atom stereocenters. The molecule has 0 aliphatic heterocycles. The lowest BCUT2D eigenvalue weighted by Crippen LogP contribution is -2.56. The van der Waals surface area contributed by atoms with Gasteiger partial charge in [0.05, 0.1) is 24.3 Å². The molecule has 3 N–H and O–H groups in total. The van der Waals surface area contributed by atoms with Gasteiger partial charge in [0.1, 0.15) is 0 Å². The fourth-order valence-electron chi connectivity index (χ4n) is 4.62. The highest BCUT2D eigenvalue weighted by Gasteiger charge is 2.50. The van der Waals surface area contributed by atoms with Crippen LogP contribution in [0.15, 0.2) is 54.9 Å². The summed E-state index contributed by atoms with van der Waals surface area (Å²) in [5.74, 6) is -0.952. The van der Waals surface area contributed by atoms with Crippen LogP contribution in [-0.2, 0) is 17.4 Å². The molecule has 0 fully saturated rings. The average Bonchev–Trinajstić information content (AvgIpc) is 3.29. The van der Waals surface area contributed by atoms with Gasteiger partial charge in [-0.1, -0.05) is 64.1 Å². The summed E-state index contributed by atoms with van der Waals surface area (Å²) in [5.41, 5.74) is 3.96. The van der Waals surface area contributed by atoms with Gasteiger partial charge < -0.3 is 15.3 Å². The molecule has 2 aromatic carbocycles. The minimum absolute atomic E-state index is 0.247. The van der Waals surface area contributed by atoms with Crippen LogP contribution in [-0.4, -0.2) is 43.3 Å². The molecule has 2 atom stereocenters. The number of hydrogen-bond acceptors (Lipinski definition) is 4. The van der Waals surface area contributed by atoms with Crippen LogP contribution in [0.3, 0.4) is 0 Å². The Kier molecular flexibility index (Phi) is 5.76. The molecule has 0 radical (unpaired) electrons. The first-order valence-corrected chi connectivity index (χ1v) is 11.0. The lowest BCUT2D eigenvalue weighted by atomic mass is 9.59. The van der Waals surface area contributed by atoms with E-state index < -0.39 is 29.0 Å². The van der Waals surface area contributed by atoms with E-state index in [1.807, 2.05) is 56.8 Å². The zero-order chi connectivity index (χ0) is 24.0. The van der Waals surface area contributed by atoms with Gasteiger partial charge in [0.25, 0.3) is 0 Å². The highest BCUT2D eigenvalue weighted by atomic mass is 16.4. The Morgan fingerprint density at radius 3 is 2.15 bits per heavy atom. The van der Waals surface area contributed by atoms with Gasteiger partial charge >= 0.3 is 5.97 Å². The zero-order valence-corrected chi connectivity index (χ0v) is 19.4. The smallest absolute Gasteiger partial charge is 0.335 e. The SMILES string of the molecule is CC1(C)c2cc(C=Cc3ccc(C(=O)O)cc3)c(Cn3cccn3)cc2C(C)(C)[C@@H](O)[C@@H]1O. The maximum absolute atomic E-state index is 11.1. The molecule has 1 aliphatic rings. The predicted octanol–water partition coefficient (Wildman–Crippen LogP) is 4.09. The number of carboxylic acid groups (broad SMARTS) is 1. The molecular formula is C27H30N2O4. The Bertz CT molecular complexity index is 1190. The summed E-state index contributed by atoms with van der Waals surface area (Å²) in [5, 5.41) is 35.3. The lowest BCUT2D eigenvalue weighted by Gasteiger charge is -2.49. The summed E-state index contributed by atoms with van der Waals surface area (Å²) in [7, 11) is 0. The van der Waals surface area contributed by atoms with Crippen molar-refractivity contribution in [3.05, 3.63) is 88.2 Å². The molecule has 33 heavy (non-hydrogen) atoms. The van der Waals surface area contributed by atoms with Crippen molar-refractivity contribution in [1.29, 1.82) is 0 Å². The number of carboxylic acids is 1. The summed E-state index contributed by atoms with van der Waals surface area (Å²) in [6, 6.07) is 12.8. The quantitative estimate of drug-likeness (QED) is 0.513. The number of aromatic carboxylic acids is 1. The van der Waals surface area contributed by atoms with Crippen LogP contribution in [0.1, 0.15) is 65.9 Å². The lowest BCUT2D eigenvalue weighted by molar-refractivity contribution is -0.0673. The second kappa shape index (κ2) is 8.28. The maximum atomic E-state index is 11.1. The molecule has 0 saturated heterocycles. The number of fused-ring (bicyclic) bond motifs is 1. The van der Waals surface area contributed by atoms with Crippen molar-refractivity contribution in [1.82, 2.24) is 9.78 Å². The van der Waals surface area contributed by atoms with Crippen LogP contribution in [0.5, 0.6) is 0 Å². The molecule has 6 heteroatoms. The summed E-state index contributed by atoms with van der Waals surface area (Å²) in [6.45, 7) is 8.41. The van der Waals surface area contributed by atoms with Gasteiger partial charge in [-0.05, 0) is 46.0 Å². The monoisotopic (exact) mass is 446 g/mol. The summed E-state index contributed by atoms with van der Waals surface area (Å²) < 4.78 is 1.85. The van der Waals surface area contributed by atoms with Gasteiger partial charge in [-0.25, -0.2) is 4.79 Å². The van der Waals surface area contributed by atoms with E-state index >= 15 is 0 Å². The standard InChI is InChI=1S/C27H30N2O4/c1-26(2)21-14-19(11-8-17-6-9-18(10-7-17)25(32)33)20(16-29-13-5-12-28-29)15-22(21)27(3,4)24(31)23(26)30/h5-15,23-24,30-31H,16H2,1-4H3,(H,32,33)/t23-,24-/m0/s1. The summed E-state index contributed by atoms with van der Waals surface area (Å²) in [6.07, 6.45) is 5.84. The van der Waals surface area contributed by atoms with E-state index in [-0.39, 0.29) is 5.56 Å². The second-order valence-electron chi connectivity index (χ2n) is 9.89. The highest BCUT2D eigenvalue weighted by molar-refractivity contribution is 5.88. The van der Waals surface area contributed by atoms with E-state index in [0.29, 0.717) is 6.54 Å². The van der Waals surface area contributed by atoms with Crippen molar-refractivity contribution in [3.63, 3.8) is 0 Å². The third kappa shape index (κ3) is 4.12. The van der Waals surface area contributed by atoms with Crippen LogP contribution in [0.25, 0.3) is 12.2 Å². The topological polar surface area (TPSA) is 95.6 Å². The van der Waals surface area contributed by atoms with Gasteiger partial charge in [-0.3, -0.25) is 4.68 Å². The minimum atomic E-state index is -0.952. The van der Waals surface area contributed by atoms with E-state index in [4.69, 9.17) is 5.11 Å². The molecule has 0 spiro atoms. The van der Waals surface area contributed by atoms with Crippen LogP contribution < -0.4 is 0 Å². The van der Waals surface area contributed by atoms with Crippen molar-refractivity contribution in [2.75, 3.05) is 0 Å². The van der Waals surface area contributed by atoms with Crippen LogP contribution in [0.2, 0.25) is 0 Å². The van der Waals surface area contributed by atoms with Gasteiger partial charge in [0.15, 0.2) is 0 Å². The Balaban J connectivity index is 1.83. The fraction of sp³-hybridized carbons (Fsp3) is 0.333. The second-order valence-corrected chi connectivity index (χ2v) is 9.89. The minimum Gasteiger partial charge on any atom is -0.478 e. The van der Waals surface area contributed by atoms with Crippen molar-refractivity contribution in [3.8, 4) is 0 Å². The number of carbonyl (C=O) groups is 1. The van der Waals surface area contributed by atoms with Gasteiger partial charge in [0, 0.05) is 23.2 Å². The Morgan fingerprint density at radius 1 is 1.00 bits per heavy atom. The van der Waals surface area contributed by atoms with Gasteiger partial charge in [-0.15, -0.1) is 0 Å². The predicted molar refractivity (Wildman–Crippen MR) is 128 cm³/mol. The number of aliphatic hydroxyl groups excluding tert-OH is 2. The largest absolute Gasteiger partial charge is 0.478 e. The first-order valence-electron chi connectivity index (χ1n) is 11.0. The molecule has 172 valence electrons. The Morgan fingerprint density at radius 2 is 1.61 bits per heavy atom. The number of aromatic nitrogens is 2. The van der Waals surface area contributed by atoms with Crippen LogP contribution in [0.4, 0.5) is 0 Å². The zero-order valence-electron chi connectivity index (χ0n) is 19.4.